The minimum Gasteiger partial charge on any atom is -0.308 e. The van der Waals surface area contributed by atoms with E-state index in [4.69, 9.17) is 11.6 Å². The van der Waals surface area contributed by atoms with Crippen molar-refractivity contribution in [3.8, 4) is 5.82 Å². The number of carbonyl (C=O) groups is 1. The van der Waals surface area contributed by atoms with Gasteiger partial charge in [-0.05, 0) is 38.1 Å². The number of nitrogens with zero attached hydrogens (tertiary/aromatic N) is 4. The van der Waals surface area contributed by atoms with Gasteiger partial charge in [-0.2, -0.15) is 5.10 Å². The molecular formula is C16H14ClFN6O. The summed E-state index contributed by atoms with van der Waals surface area (Å²) in [5, 5.41) is 9.39. The number of carbonyl (C=O) groups excluding carboxylic acids is 1. The summed E-state index contributed by atoms with van der Waals surface area (Å²) in [4.78, 5) is 20.2. The lowest BCUT2D eigenvalue weighted by molar-refractivity contribution is 0.262. The molecule has 9 heteroatoms. The molecule has 0 aliphatic heterocycles. The molecule has 3 aromatic rings. The minimum absolute atomic E-state index is 0.0772. The maximum Gasteiger partial charge on any atom is 0.324 e. The van der Waals surface area contributed by atoms with E-state index in [-0.39, 0.29) is 5.02 Å². The van der Waals surface area contributed by atoms with Crippen molar-refractivity contribution in [2.75, 3.05) is 10.6 Å². The molecule has 0 bridgehead atoms. The normalized spacial score (nSPS) is 10.6. The molecule has 0 aliphatic rings. The molecule has 7 nitrogen and oxygen atoms in total. The van der Waals surface area contributed by atoms with Crippen LogP contribution in [0.1, 0.15) is 11.4 Å². The number of anilines is 2. The van der Waals surface area contributed by atoms with Gasteiger partial charge in [0.1, 0.15) is 18.0 Å². The molecule has 0 fully saturated rings. The lowest BCUT2D eigenvalue weighted by atomic mass is 10.3. The summed E-state index contributed by atoms with van der Waals surface area (Å²) >= 11 is 5.69. The van der Waals surface area contributed by atoms with Gasteiger partial charge >= 0.3 is 6.03 Å². The van der Waals surface area contributed by atoms with E-state index in [2.05, 4.69) is 25.7 Å². The topological polar surface area (TPSA) is 84.7 Å². The van der Waals surface area contributed by atoms with E-state index in [9.17, 15) is 9.18 Å². The number of rotatable bonds is 3. The lowest BCUT2D eigenvalue weighted by Gasteiger charge is -2.09. The van der Waals surface area contributed by atoms with Gasteiger partial charge in [0.2, 0.25) is 0 Å². The van der Waals surface area contributed by atoms with Gasteiger partial charge in [0, 0.05) is 17.4 Å². The monoisotopic (exact) mass is 360 g/mol. The molecule has 25 heavy (non-hydrogen) atoms. The third-order valence-corrected chi connectivity index (χ3v) is 3.59. The van der Waals surface area contributed by atoms with E-state index in [0.29, 0.717) is 17.3 Å². The Labute approximate surface area is 147 Å². The predicted octanol–water partition coefficient (Wildman–Crippen LogP) is 3.72. The maximum atomic E-state index is 13.1. The average Bonchev–Trinajstić information content (AvgIpc) is 2.90. The van der Waals surface area contributed by atoms with Crippen molar-refractivity contribution in [1.29, 1.82) is 0 Å². The number of hydrogen-bond donors (Lipinski definition) is 2. The van der Waals surface area contributed by atoms with Crippen molar-refractivity contribution in [3.63, 3.8) is 0 Å². The number of aromatic nitrogens is 4. The maximum absolute atomic E-state index is 13.1. The highest BCUT2D eigenvalue weighted by Crippen LogP contribution is 2.19. The molecular weight excluding hydrogens is 347 g/mol. The Balaban J connectivity index is 1.74. The van der Waals surface area contributed by atoms with Crippen LogP contribution in [0.25, 0.3) is 5.82 Å². The number of amides is 2. The van der Waals surface area contributed by atoms with Gasteiger partial charge in [0.15, 0.2) is 5.82 Å². The van der Waals surface area contributed by atoms with Crippen LogP contribution < -0.4 is 10.6 Å². The molecule has 2 aromatic heterocycles. The van der Waals surface area contributed by atoms with Gasteiger partial charge in [-0.25, -0.2) is 23.8 Å². The number of hydrogen-bond acceptors (Lipinski definition) is 4. The molecule has 0 aliphatic carbocycles. The Bertz CT molecular complexity index is 942. The van der Waals surface area contributed by atoms with Gasteiger partial charge in [-0.15, -0.1) is 0 Å². The molecule has 0 radical (unpaired) electrons. The summed E-state index contributed by atoms with van der Waals surface area (Å²) in [5.41, 5.74) is 2.13. The molecule has 0 spiro atoms. The Kier molecular flexibility index (Phi) is 4.62. The van der Waals surface area contributed by atoms with Crippen LogP contribution in [0.5, 0.6) is 0 Å². The Morgan fingerprint density at radius 3 is 2.64 bits per heavy atom. The summed E-state index contributed by atoms with van der Waals surface area (Å²) in [6.07, 6.45) is 1.33. The highest BCUT2D eigenvalue weighted by molar-refractivity contribution is 6.31. The Morgan fingerprint density at radius 1 is 1.16 bits per heavy atom. The fourth-order valence-electron chi connectivity index (χ4n) is 2.24. The number of urea groups is 1. The van der Waals surface area contributed by atoms with Crippen molar-refractivity contribution in [1.82, 2.24) is 19.7 Å². The van der Waals surface area contributed by atoms with Gasteiger partial charge < -0.3 is 5.32 Å². The second-order valence-electron chi connectivity index (χ2n) is 5.31. The zero-order chi connectivity index (χ0) is 18.0. The van der Waals surface area contributed by atoms with E-state index in [1.807, 2.05) is 19.9 Å². The van der Waals surface area contributed by atoms with E-state index in [0.717, 1.165) is 11.4 Å². The second-order valence-corrected chi connectivity index (χ2v) is 5.72. The summed E-state index contributed by atoms with van der Waals surface area (Å²) in [6.45, 7) is 3.78. The highest BCUT2D eigenvalue weighted by atomic mass is 35.5. The van der Waals surface area contributed by atoms with Crippen molar-refractivity contribution in [2.45, 2.75) is 13.8 Å². The second kappa shape index (κ2) is 6.86. The first kappa shape index (κ1) is 16.8. The Hall–Kier alpha value is -3.00. The molecule has 0 saturated carbocycles. The van der Waals surface area contributed by atoms with E-state index >= 15 is 0 Å². The summed E-state index contributed by atoms with van der Waals surface area (Å²) in [7, 11) is 0. The van der Waals surface area contributed by atoms with Crippen LogP contribution in [0.2, 0.25) is 5.02 Å². The zero-order valence-electron chi connectivity index (χ0n) is 13.4. The van der Waals surface area contributed by atoms with Crippen LogP contribution in [0.3, 0.4) is 0 Å². The van der Waals surface area contributed by atoms with Crippen LogP contribution in [0.15, 0.2) is 36.7 Å². The van der Waals surface area contributed by atoms with Gasteiger partial charge in [-0.1, -0.05) is 11.6 Å². The van der Waals surface area contributed by atoms with Gasteiger partial charge in [-0.3, -0.25) is 5.32 Å². The third kappa shape index (κ3) is 3.92. The lowest BCUT2D eigenvalue weighted by Crippen LogP contribution is -2.20. The summed E-state index contributed by atoms with van der Waals surface area (Å²) < 4.78 is 14.8. The standard InChI is InChI=1S/C16H14ClFN6O/c1-9-5-10(2)24(23-9)15-7-14(19-8-20-15)22-16(25)21-11-3-4-13(18)12(17)6-11/h3-8H,1-2H3,(H2,19,20,21,22,25). The quantitative estimate of drug-likeness (QED) is 0.745. The van der Waals surface area contributed by atoms with Crippen LogP contribution in [-0.2, 0) is 0 Å². The molecule has 128 valence electrons. The molecule has 2 N–H and O–H groups in total. The van der Waals surface area contributed by atoms with E-state index < -0.39 is 11.8 Å². The average molecular weight is 361 g/mol. The molecule has 2 heterocycles. The smallest absolute Gasteiger partial charge is 0.308 e. The van der Waals surface area contributed by atoms with Crippen molar-refractivity contribution < 1.29 is 9.18 Å². The Morgan fingerprint density at radius 2 is 1.96 bits per heavy atom. The summed E-state index contributed by atoms with van der Waals surface area (Å²) in [6, 6.07) is 6.86. The number of nitrogens with one attached hydrogen (secondary N) is 2. The first-order valence-corrected chi connectivity index (χ1v) is 7.69. The molecule has 3 rings (SSSR count). The fraction of sp³-hybridized carbons (Fsp3) is 0.125. The summed E-state index contributed by atoms with van der Waals surface area (Å²) in [5.74, 6) is 0.266. The largest absolute Gasteiger partial charge is 0.324 e. The van der Waals surface area contributed by atoms with Crippen molar-refractivity contribution in [2.24, 2.45) is 0 Å². The number of benzene rings is 1. The third-order valence-electron chi connectivity index (χ3n) is 3.30. The fourth-order valence-corrected chi connectivity index (χ4v) is 2.43. The first-order valence-electron chi connectivity index (χ1n) is 7.31. The SMILES string of the molecule is Cc1cc(C)n(-c2cc(NC(=O)Nc3ccc(F)c(Cl)c3)ncn2)n1. The number of aryl methyl sites for hydroxylation is 2. The number of halogens is 2. The molecule has 0 unspecified atom stereocenters. The highest BCUT2D eigenvalue weighted by Gasteiger charge is 2.09. The van der Waals surface area contributed by atoms with Crippen LogP contribution in [-0.4, -0.2) is 25.8 Å². The molecule has 2 amide bonds. The van der Waals surface area contributed by atoms with Gasteiger partial charge in [0.25, 0.3) is 0 Å². The van der Waals surface area contributed by atoms with E-state index in [1.165, 1.54) is 24.5 Å². The molecule has 1 aromatic carbocycles. The van der Waals surface area contributed by atoms with Crippen molar-refractivity contribution >= 4 is 29.1 Å². The van der Waals surface area contributed by atoms with Crippen molar-refractivity contribution in [3.05, 3.63) is 58.9 Å². The van der Waals surface area contributed by atoms with Crippen LogP contribution in [0, 0.1) is 19.7 Å². The zero-order valence-corrected chi connectivity index (χ0v) is 14.2. The van der Waals surface area contributed by atoms with Crippen LogP contribution in [0.4, 0.5) is 20.7 Å². The van der Waals surface area contributed by atoms with Crippen LogP contribution >= 0.6 is 11.6 Å². The van der Waals surface area contributed by atoms with Gasteiger partial charge in [0.05, 0.1) is 10.7 Å². The minimum atomic E-state index is -0.557. The molecule has 0 atom stereocenters. The molecule has 0 saturated heterocycles. The predicted molar refractivity (Wildman–Crippen MR) is 92.7 cm³/mol. The first-order chi connectivity index (χ1) is 11.9. The van der Waals surface area contributed by atoms with E-state index in [1.54, 1.807) is 10.7 Å².